The molecule has 10 heteroatoms. The topological polar surface area (TPSA) is 98.8 Å². The minimum absolute atomic E-state index is 0.0343. The number of hydrogen-bond acceptors (Lipinski definition) is 5. The molecule has 208 valence electrons. The zero-order chi connectivity index (χ0) is 27.1. The highest BCUT2D eigenvalue weighted by Crippen LogP contribution is 2.43. The SMILES string of the molecule is O=C1Cc2cc(C(=O)CC3C[C@H]4CC[C@@H](C3)N4S(=O)(=O)N3CCC(NCc4ccccc4)CC3)c(Cl)cc2N1. The molecule has 2 N–H and O–H groups in total. The highest BCUT2D eigenvalue weighted by molar-refractivity contribution is 7.86. The molecule has 3 fully saturated rings. The Bertz CT molecular complexity index is 1350. The Morgan fingerprint density at radius 2 is 1.72 bits per heavy atom. The van der Waals surface area contributed by atoms with Gasteiger partial charge in [0.1, 0.15) is 0 Å². The van der Waals surface area contributed by atoms with Crippen molar-refractivity contribution >= 4 is 39.2 Å². The van der Waals surface area contributed by atoms with Crippen LogP contribution in [-0.2, 0) is 28.0 Å². The Morgan fingerprint density at radius 3 is 2.41 bits per heavy atom. The first kappa shape index (κ1) is 26.9. The molecule has 4 aliphatic heterocycles. The third-order valence-corrected chi connectivity index (χ3v) is 11.3. The predicted octanol–water partition coefficient (Wildman–Crippen LogP) is 4.15. The number of carbonyl (C=O) groups excluding carboxylic acids is 2. The van der Waals surface area contributed by atoms with Gasteiger partial charge in [-0.15, -0.1) is 0 Å². The lowest BCUT2D eigenvalue weighted by atomic mass is 9.86. The zero-order valence-corrected chi connectivity index (χ0v) is 23.5. The van der Waals surface area contributed by atoms with Crippen molar-refractivity contribution in [1.82, 2.24) is 13.9 Å². The van der Waals surface area contributed by atoms with Crippen molar-refractivity contribution in [2.75, 3.05) is 18.4 Å². The van der Waals surface area contributed by atoms with E-state index in [1.807, 2.05) is 18.2 Å². The molecule has 6 rings (SSSR count). The van der Waals surface area contributed by atoms with Crippen LogP contribution in [0.5, 0.6) is 0 Å². The number of amides is 1. The summed E-state index contributed by atoms with van der Waals surface area (Å²) >= 11 is 6.40. The van der Waals surface area contributed by atoms with Gasteiger partial charge in [-0.2, -0.15) is 17.0 Å². The number of nitrogens with one attached hydrogen (secondary N) is 2. The van der Waals surface area contributed by atoms with Crippen LogP contribution in [0.15, 0.2) is 42.5 Å². The quantitative estimate of drug-likeness (QED) is 0.465. The van der Waals surface area contributed by atoms with Gasteiger partial charge in [0.15, 0.2) is 5.78 Å². The first-order valence-electron chi connectivity index (χ1n) is 14.0. The van der Waals surface area contributed by atoms with Crippen molar-refractivity contribution < 1.29 is 18.0 Å². The van der Waals surface area contributed by atoms with Crippen molar-refractivity contribution in [3.63, 3.8) is 0 Å². The number of nitrogens with zero attached hydrogens (tertiary/aromatic N) is 2. The van der Waals surface area contributed by atoms with Crippen LogP contribution in [0.1, 0.15) is 66.4 Å². The van der Waals surface area contributed by atoms with E-state index in [4.69, 9.17) is 11.6 Å². The van der Waals surface area contributed by atoms with Crippen molar-refractivity contribution in [1.29, 1.82) is 0 Å². The molecule has 4 aliphatic rings. The van der Waals surface area contributed by atoms with E-state index in [2.05, 4.69) is 22.8 Å². The van der Waals surface area contributed by atoms with Gasteiger partial charge in [-0.25, -0.2) is 0 Å². The molecule has 1 amide bonds. The summed E-state index contributed by atoms with van der Waals surface area (Å²) in [4.78, 5) is 24.9. The van der Waals surface area contributed by atoms with E-state index in [-0.39, 0.29) is 36.1 Å². The number of ketones is 1. The standard InChI is InChI=1S/C29H35ClN4O4S/c30-26-17-27-21(16-29(36)32-27)15-25(26)28(35)14-20-12-23-6-7-24(13-20)34(23)39(37,38)33-10-8-22(9-11-33)31-18-19-4-2-1-3-5-19/h1-5,15,17,20,22-24,31H,6-14,16,18H2,(H,32,36)/t20?,23-,24+. The molecule has 1 unspecified atom stereocenters. The first-order chi connectivity index (χ1) is 18.8. The molecule has 0 aromatic heterocycles. The van der Waals surface area contributed by atoms with Gasteiger partial charge in [-0.1, -0.05) is 41.9 Å². The third-order valence-electron chi connectivity index (χ3n) is 8.84. The number of anilines is 1. The van der Waals surface area contributed by atoms with Gasteiger partial charge < -0.3 is 10.6 Å². The number of benzene rings is 2. The molecule has 0 radical (unpaired) electrons. The molecule has 3 saturated heterocycles. The Kier molecular flexibility index (Phi) is 7.54. The molecule has 0 aliphatic carbocycles. The van der Waals surface area contributed by atoms with Gasteiger partial charge in [0.05, 0.1) is 11.4 Å². The molecular formula is C29H35ClN4O4S. The van der Waals surface area contributed by atoms with Gasteiger partial charge in [0.2, 0.25) is 5.91 Å². The predicted molar refractivity (Wildman–Crippen MR) is 151 cm³/mol. The summed E-state index contributed by atoms with van der Waals surface area (Å²) in [6.45, 7) is 1.85. The van der Waals surface area contributed by atoms with Crippen LogP contribution >= 0.6 is 11.6 Å². The second kappa shape index (κ2) is 10.9. The monoisotopic (exact) mass is 570 g/mol. The number of Topliss-reactive ketones (excluding diaryl/α,β-unsaturated/α-hetero) is 1. The Morgan fingerprint density at radius 1 is 1.03 bits per heavy atom. The second-order valence-corrected chi connectivity index (χ2v) is 13.7. The van der Waals surface area contributed by atoms with E-state index < -0.39 is 10.2 Å². The van der Waals surface area contributed by atoms with E-state index >= 15 is 0 Å². The van der Waals surface area contributed by atoms with Crippen LogP contribution in [0.25, 0.3) is 0 Å². The van der Waals surface area contributed by atoms with Gasteiger partial charge >= 0.3 is 0 Å². The Labute approximate surface area is 235 Å². The minimum atomic E-state index is -3.54. The largest absolute Gasteiger partial charge is 0.325 e. The van der Waals surface area contributed by atoms with E-state index in [0.717, 1.165) is 37.8 Å². The normalized spacial score (nSPS) is 26.0. The van der Waals surface area contributed by atoms with Crippen LogP contribution in [-0.4, -0.2) is 59.9 Å². The van der Waals surface area contributed by atoms with E-state index in [9.17, 15) is 18.0 Å². The molecule has 2 aromatic rings. The molecule has 3 atom stereocenters. The maximum atomic E-state index is 13.7. The number of halogens is 1. The molecule has 4 heterocycles. The zero-order valence-electron chi connectivity index (χ0n) is 21.9. The lowest BCUT2D eigenvalue weighted by Gasteiger charge is -2.42. The number of fused-ring (bicyclic) bond motifs is 3. The van der Waals surface area contributed by atoms with Gasteiger partial charge in [-0.3, -0.25) is 9.59 Å². The average molecular weight is 571 g/mol. The van der Waals surface area contributed by atoms with Crippen LogP contribution in [0.3, 0.4) is 0 Å². The molecule has 0 saturated carbocycles. The summed E-state index contributed by atoms with van der Waals surface area (Å²) in [7, 11) is -3.54. The maximum Gasteiger partial charge on any atom is 0.282 e. The van der Waals surface area contributed by atoms with Gasteiger partial charge in [-0.05, 0) is 67.7 Å². The van der Waals surface area contributed by atoms with Gasteiger partial charge in [0, 0.05) is 55.4 Å². The minimum Gasteiger partial charge on any atom is -0.325 e. The molecule has 39 heavy (non-hydrogen) atoms. The summed E-state index contributed by atoms with van der Waals surface area (Å²) in [5.41, 5.74) is 3.16. The number of rotatable bonds is 8. The van der Waals surface area contributed by atoms with E-state index in [0.29, 0.717) is 54.7 Å². The molecule has 8 nitrogen and oxygen atoms in total. The Balaban J connectivity index is 1.05. The average Bonchev–Trinajstić information content (AvgIpc) is 3.43. The fourth-order valence-corrected chi connectivity index (χ4v) is 9.25. The highest BCUT2D eigenvalue weighted by atomic mass is 35.5. The molecule has 2 bridgehead atoms. The lowest BCUT2D eigenvalue weighted by Crippen LogP contribution is -2.55. The van der Waals surface area contributed by atoms with Crippen molar-refractivity contribution in [3.8, 4) is 0 Å². The summed E-state index contributed by atoms with van der Waals surface area (Å²) in [6, 6.07) is 13.9. The maximum absolute atomic E-state index is 13.7. The smallest absolute Gasteiger partial charge is 0.282 e. The fourth-order valence-electron chi connectivity index (χ4n) is 6.91. The third kappa shape index (κ3) is 5.52. The number of carbonyl (C=O) groups is 2. The van der Waals surface area contributed by atoms with E-state index in [1.54, 1.807) is 20.7 Å². The molecular weight excluding hydrogens is 536 g/mol. The lowest BCUT2D eigenvalue weighted by molar-refractivity contribution is -0.115. The van der Waals surface area contributed by atoms with Crippen molar-refractivity contribution in [2.24, 2.45) is 5.92 Å². The molecule has 2 aromatic carbocycles. The molecule has 0 spiro atoms. The van der Waals surface area contributed by atoms with Crippen molar-refractivity contribution in [2.45, 2.75) is 76.0 Å². The fraction of sp³-hybridized carbons (Fsp3) is 0.517. The number of piperidine rings is 2. The van der Waals surface area contributed by atoms with Crippen LogP contribution in [0, 0.1) is 5.92 Å². The highest BCUT2D eigenvalue weighted by Gasteiger charge is 2.49. The van der Waals surface area contributed by atoms with Gasteiger partial charge in [0.25, 0.3) is 10.2 Å². The Hall–Kier alpha value is -2.30. The second-order valence-electron chi connectivity index (χ2n) is 11.4. The van der Waals surface area contributed by atoms with Crippen LogP contribution in [0.4, 0.5) is 5.69 Å². The summed E-state index contributed by atoms with van der Waals surface area (Å²) < 4.78 is 30.9. The van der Waals surface area contributed by atoms with Crippen LogP contribution in [0.2, 0.25) is 5.02 Å². The summed E-state index contributed by atoms with van der Waals surface area (Å²) in [6.07, 6.45) is 5.28. The van der Waals surface area contributed by atoms with Crippen LogP contribution < -0.4 is 10.6 Å². The summed E-state index contributed by atoms with van der Waals surface area (Å²) in [5, 5.41) is 6.69. The van der Waals surface area contributed by atoms with E-state index in [1.165, 1.54) is 5.56 Å². The summed E-state index contributed by atoms with van der Waals surface area (Å²) in [5.74, 6) is -0.00474. The number of hydrogen-bond donors (Lipinski definition) is 2. The van der Waals surface area contributed by atoms with Crippen molar-refractivity contribution in [3.05, 3.63) is 64.2 Å². The first-order valence-corrected chi connectivity index (χ1v) is 15.8.